The van der Waals surface area contributed by atoms with E-state index in [-0.39, 0.29) is 18.6 Å². The average molecular weight is 183 g/mol. The van der Waals surface area contributed by atoms with Crippen LogP contribution in [-0.2, 0) is 0 Å². The summed E-state index contributed by atoms with van der Waals surface area (Å²) in [7, 11) is 0. The Bertz CT molecular complexity index is 241. The molecule has 74 valence electrons. The first-order valence-corrected chi connectivity index (χ1v) is 4.17. The second-order valence-electron chi connectivity index (χ2n) is 3.21. The van der Waals surface area contributed by atoms with E-state index in [1.807, 2.05) is 0 Å². The number of hydrogen-bond acceptors (Lipinski definition) is 3. The fourth-order valence-electron chi connectivity index (χ4n) is 0.719. The van der Waals surface area contributed by atoms with E-state index in [1.54, 1.807) is 13.8 Å². The van der Waals surface area contributed by atoms with E-state index in [0.29, 0.717) is 5.57 Å². The van der Waals surface area contributed by atoms with Crippen molar-refractivity contribution in [2.24, 2.45) is 0 Å². The van der Waals surface area contributed by atoms with Gasteiger partial charge in [-0.15, -0.1) is 0 Å². The van der Waals surface area contributed by atoms with Crippen molar-refractivity contribution in [1.82, 2.24) is 0 Å². The third-order valence-electron chi connectivity index (χ3n) is 1.97. The van der Waals surface area contributed by atoms with Crippen LogP contribution in [0.4, 0.5) is 0 Å². The molecule has 3 N–H and O–H groups in total. The molecule has 0 aromatic heterocycles. The minimum atomic E-state index is -2.00. The summed E-state index contributed by atoms with van der Waals surface area (Å²) in [6.45, 7) is 10.7. The first-order valence-electron chi connectivity index (χ1n) is 4.17. The monoisotopic (exact) mass is 183 g/mol. The van der Waals surface area contributed by atoms with Gasteiger partial charge in [0.15, 0.2) is 0 Å². The van der Waals surface area contributed by atoms with Crippen LogP contribution in [-0.4, -0.2) is 21.7 Å². The van der Waals surface area contributed by atoms with Crippen LogP contribution in [0.15, 0.2) is 24.3 Å². The van der Waals surface area contributed by atoms with Gasteiger partial charge in [-0.05, 0) is 12.5 Å². The number of nitrogens with one attached hydrogen (secondary N) is 1. The molecule has 3 nitrogen and oxygen atoms in total. The normalized spacial score (nSPS) is 11.1. The second kappa shape index (κ2) is 4.35. The second-order valence-corrected chi connectivity index (χ2v) is 3.21. The topological polar surface area (TPSA) is 64.3 Å². The quantitative estimate of drug-likeness (QED) is 0.344. The van der Waals surface area contributed by atoms with Gasteiger partial charge in [0.2, 0.25) is 5.79 Å². The molecule has 0 saturated carbocycles. The van der Waals surface area contributed by atoms with Crippen molar-refractivity contribution in [3.8, 4) is 0 Å². The average Bonchev–Trinajstić information content (AvgIpc) is 2.04. The molecule has 0 radical (unpaired) electrons. The molecule has 0 amide bonds. The summed E-state index contributed by atoms with van der Waals surface area (Å²) in [6, 6.07) is 0. The number of allylic oxidation sites excluding steroid dienone is 2. The molecule has 0 fully saturated rings. The molecular weight excluding hydrogens is 166 g/mol. The van der Waals surface area contributed by atoms with Crippen LogP contribution < -0.4 is 0 Å². The molecule has 13 heavy (non-hydrogen) atoms. The maximum atomic E-state index is 9.28. The fraction of sp³-hybridized carbons (Fsp3) is 0.500. The molecule has 0 bridgehead atoms. The van der Waals surface area contributed by atoms with Crippen LogP contribution in [0, 0.1) is 5.41 Å². The summed E-state index contributed by atoms with van der Waals surface area (Å²) in [5.41, 5.74) is 1.28. The van der Waals surface area contributed by atoms with Gasteiger partial charge in [-0.3, -0.25) is 0 Å². The van der Waals surface area contributed by atoms with Gasteiger partial charge in [0.1, 0.15) is 0 Å². The summed E-state index contributed by atoms with van der Waals surface area (Å²) in [5, 5.41) is 26.0. The number of hydrogen-bond donors (Lipinski definition) is 3. The molecule has 0 unspecified atom stereocenters. The fourth-order valence-corrected chi connectivity index (χ4v) is 0.719. The van der Waals surface area contributed by atoms with Crippen molar-refractivity contribution in [2.45, 2.75) is 32.5 Å². The first-order chi connectivity index (χ1) is 5.81. The molecule has 0 atom stereocenters. The van der Waals surface area contributed by atoms with Gasteiger partial charge in [0.25, 0.3) is 0 Å². The predicted octanol–water partition coefficient (Wildman–Crippen LogP) is 1.62. The molecule has 0 aliphatic rings. The maximum absolute atomic E-state index is 9.28. The lowest BCUT2D eigenvalue weighted by Crippen LogP contribution is -2.37. The third-order valence-corrected chi connectivity index (χ3v) is 1.97. The Balaban J connectivity index is 4.32. The van der Waals surface area contributed by atoms with Crippen LogP contribution in [0.3, 0.4) is 0 Å². The van der Waals surface area contributed by atoms with E-state index in [0.717, 1.165) is 5.57 Å². The summed E-state index contributed by atoms with van der Waals surface area (Å²) in [5.74, 6) is -2.00. The Labute approximate surface area is 78.9 Å². The zero-order chi connectivity index (χ0) is 10.6. The summed E-state index contributed by atoms with van der Waals surface area (Å²) >= 11 is 0. The van der Waals surface area contributed by atoms with Gasteiger partial charge in [-0.25, -0.2) is 0 Å². The summed E-state index contributed by atoms with van der Waals surface area (Å²) in [4.78, 5) is 0. The largest absolute Gasteiger partial charge is 0.361 e. The molecule has 0 aliphatic heterocycles. The number of aliphatic hydroxyl groups is 2. The molecule has 0 aromatic carbocycles. The maximum Gasteiger partial charge on any atom is 0.202 e. The van der Waals surface area contributed by atoms with Gasteiger partial charge in [-0.2, -0.15) is 0 Å². The van der Waals surface area contributed by atoms with Crippen molar-refractivity contribution in [2.75, 3.05) is 0 Å². The lowest BCUT2D eigenvalue weighted by molar-refractivity contribution is -0.102. The Kier molecular flexibility index (Phi) is 4.04. The van der Waals surface area contributed by atoms with Gasteiger partial charge in [0.05, 0.1) is 5.71 Å². The van der Waals surface area contributed by atoms with E-state index in [1.165, 1.54) is 0 Å². The van der Waals surface area contributed by atoms with Crippen molar-refractivity contribution in [1.29, 1.82) is 5.41 Å². The lowest BCUT2D eigenvalue weighted by Gasteiger charge is -2.21. The van der Waals surface area contributed by atoms with E-state index in [9.17, 15) is 10.2 Å². The van der Waals surface area contributed by atoms with Crippen molar-refractivity contribution in [3.05, 3.63) is 24.3 Å². The molecule has 0 aliphatic carbocycles. The Morgan fingerprint density at radius 1 is 1.38 bits per heavy atom. The van der Waals surface area contributed by atoms with Gasteiger partial charge in [0, 0.05) is 12.8 Å². The molecule has 0 spiro atoms. The van der Waals surface area contributed by atoms with Crippen LogP contribution in [0.2, 0.25) is 0 Å². The molecular formula is C10H17NO2. The van der Waals surface area contributed by atoms with Gasteiger partial charge >= 0.3 is 0 Å². The molecule has 3 heteroatoms. The lowest BCUT2D eigenvalue weighted by atomic mass is 9.98. The van der Waals surface area contributed by atoms with E-state index < -0.39 is 5.79 Å². The van der Waals surface area contributed by atoms with E-state index in [4.69, 9.17) is 5.41 Å². The minimum Gasteiger partial charge on any atom is -0.361 e. The molecule has 0 heterocycles. The Morgan fingerprint density at radius 3 is 2.15 bits per heavy atom. The minimum absolute atomic E-state index is 0.106. The SMILES string of the molecule is C=C(C)C(=C)CC(=N)C(O)(O)CC. The highest BCUT2D eigenvalue weighted by Crippen LogP contribution is 2.16. The highest BCUT2D eigenvalue weighted by Gasteiger charge is 2.26. The molecule has 0 saturated heterocycles. The summed E-state index contributed by atoms with van der Waals surface area (Å²) in [6.07, 6.45) is 0.269. The van der Waals surface area contributed by atoms with Gasteiger partial charge < -0.3 is 15.6 Å². The zero-order valence-corrected chi connectivity index (χ0v) is 8.22. The van der Waals surface area contributed by atoms with E-state index >= 15 is 0 Å². The zero-order valence-electron chi connectivity index (χ0n) is 8.22. The molecule has 0 aromatic rings. The summed E-state index contributed by atoms with van der Waals surface area (Å²) < 4.78 is 0. The smallest absolute Gasteiger partial charge is 0.202 e. The molecule has 0 rings (SSSR count). The highest BCUT2D eigenvalue weighted by molar-refractivity contribution is 5.90. The van der Waals surface area contributed by atoms with E-state index in [2.05, 4.69) is 13.2 Å². The van der Waals surface area contributed by atoms with Crippen LogP contribution in [0.1, 0.15) is 26.7 Å². The Morgan fingerprint density at radius 2 is 1.85 bits per heavy atom. The van der Waals surface area contributed by atoms with Crippen molar-refractivity contribution < 1.29 is 10.2 Å². The van der Waals surface area contributed by atoms with Crippen molar-refractivity contribution in [3.63, 3.8) is 0 Å². The third kappa shape index (κ3) is 3.53. The van der Waals surface area contributed by atoms with Crippen molar-refractivity contribution >= 4 is 5.71 Å². The van der Waals surface area contributed by atoms with Gasteiger partial charge in [-0.1, -0.05) is 25.7 Å². The first kappa shape index (κ1) is 12.1. The highest BCUT2D eigenvalue weighted by atomic mass is 16.5. The van der Waals surface area contributed by atoms with Crippen LogP contribution in [0.5, 0.6) is 0 Å². The standard InChI is InChI=1S/C10H17NO2/c1-5-10(12,13)9(11)6-8(4)7(2)3/h11-13H,2,4-6H2,1,3H3. The Hall–Kier alpha value is -0.930. The number of rotatable bonds is 5. The van der Waals surface area contributed by atoms with Crippen LogP contribution in [0.25, 0.3) is 0 Å². The predicted molar refractivity (Wildman–Crippen MR) is 53.8 cm³/mol. The van der Waals surface area contributed by atoms with Crippen LogP contribution >= 0.6 is 0 Å².